The third-order valence-electron chi connectivity index (χ3n) is 4.55. The fourth-order valence-corrected chi connectivity index (χ4v) is 3.59. The van der Waals surface area contributed by atoms with E-state index in [0.717, 1.165) is 43.1 Å². The predicted octanol–water partition coefficient (Wildman–Crippen LogP) is 3.64. The Hall–Kier alpha value is -2.58. The number of hydrogen-bond donors (Lipinski definition) is 0. The summed E-state index contributed by atoms with van der Waals surface area (Å²) in [6.07, 6.45) is 4.13. The van der Waals surface area contributed by atoms with Crippen molar-refractivity contribution in [3.8, 4) is 6.07 Å². The molecular formula is C18H16ClN5. The lowest BCUT2D eigenvalue weighted by Crippen LogP contribution is -2.35. The van der Waals surface area contributed by atoms with E-state index < -0.39 is 0 Å². The van der Waals surface area contributed by atoms with E-state index in [1.807, 2.05) is 36.5 Å². The Bertz CT molecular complexity index is 927. The van der Waals surface area contributed by atoms with Crippen LogP contribution in [0, 0.1) is 11.3 Å². The number of hydrogen-bond acceptors (Lipinski definition) is 4. The van der Waals surface area contributed by atoms with Crippen LogP contribution in [0.1, 0.15) is 30.1 Å². The zero-order chi connectivity index (χ0) is 16.5. The highest BCUT2D eigenvalue weighted by Gasteiger charge is 2.26. The van der Waals surface area contributed by atoms with Crippen LogP contribution < -0.4 is 4.90 Å². The summed E-state index contributed by atoms with van der Waals surface area (Å²) < 4.78 is 2.06. The SMILES string of the molecule is N#Cc1cc(Cl)ccc1N1CCCC(c2nnc3ccccn23)C1. The Morgan fingerprint density at radius 3 is 3.00 bits per heavy atom. The normalized spacial score (nSPS) is 17.8. The Morgan fingerprint density at radius 1 is 1.21 bits per heavy atom. The van der Waals surface area contributed by atoms with Crippen LogP contribution >= 0.6 is 11.6 Å². The van der Waals surface area contributed by atoms with Crippen LogP contribution in [0.4, 0.5) is 5.69 Å². The molecule has 1 aromatic carbocycles. The van der Waals surface area contributed by atoms with Gasteiger partial charge in [0.25, 0.3) is 0 Å². The number of aromatic nitrogens is 3. The molecule has 0 amide bonds. The number of nitrogens with zero attached hydrogens (tertiary/aromatic N) is 5. The first-order valence-electron chi connectivity index (χ1n) is 8.00. The molecule has 0 spiro atoms. The van der Waals surface area contributed by atoms with Gasteiger partial charge in [-0.3, -0.25) is 4.40 Å². The number of fused-ring (bicyclic) bond motifs is 1. The van der Waals surface area contributed by atoms with Crippen molar-refractivity contribution >= 4 is 22.9 Å². The van der Waals surface area contributed by atoms with Crippen molar-refractivity contribution in [2.75, 3.05) is 18.0 Å². The molecular weight excluding hydrogens is 322 g/mol. The maximum absolute atomic E-state index is 9.40. The van der Waals surface area contributed by atoms with E-state index in [1.54, 1.807) is 6.07 Å². The van der Waals surface area contributed by atoms with Crippen molar-refractivity contribution in [3.05, 3.63) is 59.0 Å². The highest BCUT2D eigenvalue weighted by molar-refractivity contribution is 6.30. The van der Waals surface area contributed by atoms with E-state index in [9.17, 15) is 5.26 Å². The number of pyridine rings is 1. The van der Waals surface area contributed by atoms with Gasteiger partial charge in [0, 0.05) is 30.2 Å². The van der Waals surface area contributed by atoms with E-state index in [-0.39, 0.29) is 0 Å². The number of halogens is 1. The highest BCUT2D eigenvalue weighted by atomic mass is 35.5. The van der Waals surface area contributed by atoms with Crippen molar-refractivity contribution in [1.82, 2.24) is 14.6 Å². The molecule has 1 atom stereocenters. The highest BCUT2D eigenvalue weighted by Crippen LogP contribution is 2.32. The van der Waals surface area contributed by atoms with Crippen LogP contribution in [0.2, 0.25) is 5.02 Å². The summed E-state index contributed by atoms with van der Waals surface area (Å²) in [7, 11) is 0. The monoisotopic (exact) mass is 337 g/mol. The van der Waals surface area contributed by atoms with Gasteiger partial charge in [-0.15, -0.1) is 10.2 Å². The van der Waals surface area contributed by atoms with Crippen LogP contribution in [0.5, 0.6) is 0 Å². The van der Waals surface area contributed by atoms with Crippen LogP contribution in [-0.2, 0) is 0 Å². The second-order valence-corrected chi connectivity index (χ2v) is 6.48. The van der Waals surface area contributed by atoms with Gasteiger partial charge in [0.15, 0.2) is 5.65 Å². The quantitative estimate of drug-likeness (QED) is 0.716. The molecule has 0 N–H and O–H groups in total. The van der Waals surface area contributed by atoms with Crippen molar-refractivity contribution in [2.24, 2.45) is 0 Å². The number of anilines is 1. The summed E-state index contributed by atoms with van der Waals surface area (Å²) in [4.78, 5) is 2.26. The Kier molecular flexibility index (Phi) is 3.83. The third-order valence-corrected chi connectivity index (χ3v) is 4.78. The summed E-state index contributed by atoms with van der Waals surface area (Å²) in [6, 6.07) is 13.7. The summed E-state index contributed by atoms with van der Waals surface area (Å²) in [5, 5.41) is 18.7. The van der Waals surface area contributed by atoms with Gasteiger partial charge >= 0.3 is 0 Å². The predicted molar refractivity (Wildman–Crippen MR) is 93.3 cm³/mol. The molecule has 1 aliphatic heterocycles. The standard InChI is InChI=1S/C18H16ClN5/c19-15-6-7-16(14(10-15)11-20)23-8-3-4-13(12-23)18-22-21-17-5-1-2-9-24(17)18/h1-2,5-7,9-10,13H,3-4,8,12H2. The number of rotatable bonds is 2. The molecule has 2 aromatic heterocycles. The topological polar surface area (TPSA) is 57.2 Å². The Balaban J connectivity index is 1.66. The van der Waals surface area contributed by atoms with Crippen molar-refractivity contribution in [1.29, 1.82) is 5.26 Å². The first kappa shape index (κ1) is 15.0. The van der Waals surface area contributed by atoms with Gasteiger partial charge < -0.3 is 4.90 Å². The molecule has 0 aliphatic carbocycles. The summed E-state index contributed by atoms with van der Waals surface area (Å²) in [5.74, 6) is 1.28. The van der Waals surface area contributed by atoms with Crippen LogP contribution in [-0.4, -0.2) is 27.7 Å². The fraction of sp³-hybridized carbons (Fsp3) is 0.278. The smallest absolute Gasteiger partial charge is 0.160 e. The largest absolute Gasteiger partial charge is 0.370 e. The average molecular weight is 338 g/mol. The molecule has 1 unspecified atom stereocenters. The number of benzene rings is 1. The van der Waals surface area contributed by atoms with Gasteiger partial charge in [-0.25, -0.2) is 0 Å². The molecule has 5 nitrogen and oxygen atoms in total. The second-order valence-electron chi connectivity index (χ2n) is 6.05. The lowest BCUT2D eigenvalue weighted by Gasteiger charge is -2.34. The van der Waals surface area contributed by atoms with Gasteiger partial charge in [-0.05, 0) is 43.2 Å². The zero-order valence-corrected chi connectivity index (χ0v) is 13.8. The lowest BCUT2D eigenvalue weighted by atomic mass is 9.96. The molecule has 1 aliphatic rings. The molecule has 0 bridgehead atoms. The van der Waals surface area contributed by atoms with E-state index in [2.05, 4.69) is 25.6 Å². The van der Waals surface area contributed by atoms with E-state index >= 15 is 0 Å². The minimum Gasteiger partial charge on any atom is -0.370 e. The maximum atomic E-state index is 9.40. The first-order valence-corrected chi connectivity index (χ1v) is 8.38. The lowest BCUT2D eigenvalue weighted by molar-refractivity contribution is 0.488. The van der Waals surface area contributed by atoms with Crippen molar-refractivity contribution in [3.63, 3.8) is 0 Å². The van der Waals surface area contributed by atoms with Gasteiger partial charge in [0.05, 0.1) is 11.3 Å². The molecule has 24 heavy (non-hydrogen) atoms. The molecule has 1 fully saturated rings. The molecule has 1 saturated heterocycles. The van der Waals surface area contributed by atoms with Gasteiger partial charge in [-0.1, -0.05) is 17.7 Å². The first-order chi connectivity index (χ1) is 11.8. The minimum absolute atomic E-state index is 0.290. The van der Waals surface area contributed by atoms with Gasteiger partial charge in [0.2, 0.25) is 0 Å². The fourth-order valence-electron chi connectivity index (χ4n) is 3.42. The number of nitriles is 1. The van der Waals surface area contributed by atoms with E-state index in [0.29, 0.717) is 16.5 Å². The molecule has 4 rings (SSSR count). The molecule has 6 heteroatoms. The van der Waals surface area contributed by atoms with E-state index in [1.165, 1.54) is 0 Å². The molecule has 0 saturated carbocycles. The summed E-state index contributed by atoms with van der Waals surface area (Å²) in [6.45, 7) is 1.76. The van der Waals surface area contributed by atoms with Gasteiger partial charge in [-0.2, -0.15) is 5.26 Å². The molecule has 3 heterocycles. The summed E-state index contributed by atoms with van der Waals surface area (Å²) >= 11 is 6.02. The van der Waals surface area contributed by atoms with Crippen LogP contribution in [0.3, 0.4) is 0 Å². The Morgan fingerprint density at radius 2 is 2.12 bits per heavy atom. The maximum Gasteiger partial charge on any atom is 0.160 e. The zero-order valence-electron chi connectivity index (χ0n) is 13.1. The van der Waals surface area contributed by atoms with Crippen LogP contribution in [0.25, 0.3) is 5.65 Å². The summed E-state index contributed by atoms with van der Waals surface area (Å²) in [5.41, 5.74) is 2.43. The molecule has 0 radical (unpaired) electrons. The molecule has 3 aromatic rings. The van der Waals surface area contributed by atoms with Crippen LogP contribution in [0.15, 0.2) is 42.6 Å². The van der Waals surface area contributed by atoms with Gasteiger partial charge in [0.1, 0.15) is 11.9 Å². The number of piperidine rings is 1. The Labute approximate surface area is 145 Å². The average Bonchev–Trinajstić information content (AvgIpc) is 3.06. The van der Waals surface area contributed by atoms with E-state index in [4.69, 9.17) is 11.6 Å². The minimum atomic E-state index is 0.290. The third kappa shape index (κ3) is 2.59. The second kappa shape index (κ2) is 6.14. The van der Waals surface area contributed by atoms with Crippen molar-refractivity contribution in [2.45, 2.75) is 18.8 Å². The molecule has 120 valence electrons. The van der Waals surface area contributed by atoms with Crippen molar-refractivity contribution < 1.29 is 0 Å².